The Bertz CT molecular complexity index is 1040. The SMILES string of the molecule is C[Si](C)=[Hf]([CH]1C=Cc2ccccc21)[CH]1c2ccccc2-c2ccccc21.Cl.Cl. The summed E-state index contributed by atoms with van der Waals surface area (Å²) in [6.45, 7) is 5.18. The zero-order chi connectivity index (χ0) is 17.7. The second kappa shape index (κ2) is 8.83. The predicted molar refractivity (Wildman–Crippen MR) is 124 cm³/mol. The molecule has 0 saturated heterocycles. The number of allylic oxidation sites excluding steroid dienone is 1. The Labute approximate surface area is 188 Å². The summed E-state index contributed by atoms with van der Waals surface area (Å²) in [6, 6.07) is 27.5. The molecule has 142 valence electrons. The molecule has 3 aromatic rings. The van der Waals surface area contributed by atoms with Crippen molar-refractivity contribution in [2.24, 2.45) is 0 Å². The van der Waals surface area contributed by atoms with Gasteiger partial charge in [-0.05, 0) is 0 Å². The van der Waals surface area contributed by atoms with Crippen LogP contribution >= 0.6 is 24.8 Å². The molecule has 0 spiro atoms. The maximum absolute atomic E-state index is 2.59. The molecule has 0 N–H and O–H groups in total. The van der Waals surface area contributed by atoms with E-state index in [9.17, 15) is 0 Å². The summed E-state index contributed by atoms with van der Waals surface area (Å²) in [4.78, 5) is 0. The summed E-state index contributed by atoms with van der Waals surface area (Å²) in [5, 5.41) is 0. The van der Waals surface area contributed by atoms with E-state index < -0.39 is 20.1 Å². The number of rotatable bonds is 2. The molecule has 4 heteroatoms. The van der Waals surface area contributed by atoms with Gasteiger partial charge < -0.3 is 0 Å². The quantitative estimate of drug-likeness (QED) is 0.277. The average molecular weight is 590 g/mol. The minimum atomic E-state index is -2.05. The Morgan fingerprint density at radius 2 is 1.18 bits per heavy atom. The van der Waals surface area contributed by atoms with Crippen LogP contribution in [0.1, 0.15) is 29.6 Å². The minimum Gasteiger partial charge on any atom is -0.147 e. The maximum Gasteiger partial charge on any atom is -0.147 e. The molecule has 0 aliphatic heterocycles. The van der Waals surface area contributed by atoms with Crippen LogP contribution in [0, 0.1) is 0 Å². The molecule has 0 amide bonds. The number of hydrogen-bond donors (Lipinski definition) is 0. The molecule has 0 nitrogen and oxygen atoms in total. The van der Waals surface area contributed by atoms with Crippen molar-refractivity contribution in [3.63, 3.8) is 0 Å². The summed E-state index contributed by atoms with van der Waals surface area (Å²) in [5.74, 6) is 0. The van der Waals surface area contributed by atoms with Gasteiger partial charge in [-0.3, -0.25) is 0 Å². The topological polar surface area (TPSA) is 0 Å². The van der Waals surface area contributed by atoms with Gasteiger partial charge in [0.25, 0.3) is 0 Å². The predicted octanol–water partition coefficient (Wildman–Crippen LogP) is 7.24. The van der Waals surface area contributed by atoms with Crippen molar-refractivity contribution < 1.29 is 20.1 Å². The van der Waals surface area contributed by atoms with Crippen molar-refractivity contribution in [3.8, 4) is 11.1 Å². The third-order valence-corrected chi connectivity index (χ3v) is 33.1. The zero-order valence-corrected chi connectivity index (χ0v) is 22.3. The Balaban J connectivity index is 0.00000112. The van der Waals surface area contributed by atoms with E-state index in [1.165, 1.54) is 16.7 Å². The van der Waals surface area contributed by atoms with Gasteiger partial charge in [-0.2, -0.15) is 0 Å². The van der Waals surface area contributed by atoms with E-state index in [0.717, 1.165) is 7.35 Å². The Morgan fingerprint density at radius 3 is 1.75 bits per heavy atom. The third-order valence-electron chi connectivity index (χ3n) is 5.86. The van der Waals surface area contributed by atoms with E-state index in [4.69, 9.17) is 0 Å². The fourth-order valence-corrected chi connectivity index (χ4v) is 32.3. The van der Waals surface area contributed by atoms with Gasteiger partial charge in [0, 0.05) is 0 Å². The number of fused-ring (bicyclic) bond motifs is 4. The number of benzene rings is 3. The molecule has 1 unspecified atom stereocenters. The fourth-order valence-electron chi connectivity index (χ4n) is 4.79. The van der Waals surface area contributed by atoms with Crippen molar-refractivity contribution in [2.45, 2.75) is 20.4 Å². The molecule has 2 aliphatic carbocycles. The molecule has 0 bridgehead atoms. The average Bonchev–Trinajstić information content (AvgIpc) is 3.23. The van der Waals surface area contributed by atoms with E-state index in [-0.39, 0.29) is 30.3 Å². The minimum absolute atomic E-state index is 0. The second-order valence-corrected chi connectivity index (χ2v) is 32.6. The molecule has 0 fully saturated rings. The first-order chi connectivity index (χ1) is 12.8. The molecular formula is C24H24Cl2HfSi. The first-order valence-electron chi connectivity index (χ1n) is 9.38. The summed E-state index contributed by atoms with van der Waals surface area (Å²) in [7, 11) is 0. The van der Waals surface area contributed by atoms with Crippen molar-refractivity contribution in [1.29, 1.82) is 0 Å². The van der Waals surface area contributed by atoms with Gasteiger partial charge in [0.05, 0.1) is 0 Å². The Morgan fingerprint density at radius 1 is 0.679 bits per heavy atom. The Kier molecular flexibility index (Phi) is 6.87. The van der Waals surface area contributed by atoms with Crippen LogP contribution in [0.4, 0.5) is 0 Å². The van der Waals surface area contributed by atoms with E-state index in [0.29, 0.717) is 0 Å². The van der Waals surface area contributed by atoms with Crippen LogP contribution in [-0.2, 0) is 20.1 Å². The first kappa shape index (κ1) is 21.8. The van der Waals surface area contributed by atoms with Crippen LogP contribution < -0.4 is 0 Å². The third kappa shape index (κ3) is 3.43. The standard InChI is InChI=1S/C13H9.C9H7.C2H6Si.2ClH.Hf/c1-3-7-12-10(5-1)9-11-6-2-4-8-13(11)12;1-2-5-9-7-3-6-8(9)4-1;1-3-2;;;/h1-9H;1-7H;1-2H3;2*1H;. The molecule has 2 aliphatic rings. The van der Waals surface area contributed by atoms with E-state index in [2.05, 4.69) is 98.0 Å². The van der Waals surface area contributed by atoms with Crippen LogP contribution in [-0.4, -0.2) is 5.49 Å². The fraction of sp³-hybridized carbons (Fsp3) is 0.167. The largest absolute Gasteiger partial charge is 0.147 e. The number of halogens is 2. The summed E-state index contributed by atoms with van der Waals surface area (Å²) < 4.78 is 1.46. The van der Waals surface area contributed by atoms with Gasteiger partial charge in [-0.25, -0.2) is 0 Å². The smallest absolute Gasteiger partial charge is 0.147 e. The monoisotopic (exact) mass is 590 g/mol. The molecular weight excluding hydrogens is 566 g/mol. The van der Waals surface area contributed by atoms with Crippen molar-refractivity contribution in [1.82, 2.24) is 0 Å². The second-order valence-electron chi connectivity index (χ2n) is 7.53. The molecule has 0 heterocycles. The van der Waals surface area contributed by atoms with E-state index in [1.54, 1.807) is 16.7 Å². The van der Waals surface area contributed by atoms with Crippen LogP contribution in [0.5, 0.6) is 0 Å². The molecule has 28 heavy (non-hydrogen) atoms. The van der Waals surface area contributed by atoms with Gasteiger partial charge in [-0.15, -0.1) is 24.8 Å². The number of hydrogen-bond acceptors (Lipinski definition) is 0. The summed E-state index contributed by atoms with van der Waals surface area (Å²) in [6.07, 6.45) is 4.95. The maximum atomic E-state index is 2.59. The summed E-state index contributed by atoms with van der Waals surface area (Å²) in [5.41, 5.74) is 9.01. The van der Waals surface area contributed by atoms with E-state index in [1.807, 2.05) is 0 Å². The van der Waals surface area contributed by atoms with Crippen LogP contribution in [0.25, 0.3) is 17.2 Å². The van der Waals surface area contributed by atoms with Gasteiger partial charge >= 0.3 is 164 Å². The molecule has 0 radical (unpaired) electrons. The van der Waals surface area contributed by atoms with E-state index >= 15 is 0 Å². The van der Waals surface area contributed by atoms with Crippen molar-refractivity contribution in [3.05, 3.63) is 101 Å². The molecule has 3 aromatic carbocycles. The van der Waals surface area contributed by atoms with Gasteiger partial charge in [-0.1, -0.05) is 0 Å². The van der Waals surface area contributed by atoms with Gasteiger partial charge in [0.2, 0.25) is 0 Å². The molecule has 5 rings (SSSR count). The zero-order valence-electron chi connectivity index (χ0n) is 16.1. The van der Waals surface area contributed by atoms with Crippen molar-refractivity contribution >= 4 is 36.4 Å². The summed E-state index contributed by atoms with van der Waals surface area (Å²) >= 11 is -2.05. The molecule has 0 saturated carbocycles. The normalized spacial score (nSPS) is 15.7. The van der Waals surface area contributed by atoms with Crippen LogP contribution in [0.3, 0.4) is 0 Å². The first-order valence-corrected chi connectivity index (χ1v) is 21.4. The van der Waals surface area contributed by atoms with Gasteiger partial charge in [0.15, 0.2) is 0 Å². The molecule has 0 aromatic heterocycles. The molecule has 1 atom stereocenters. The van der Waals surface area contributed by atoms with Crippen LogP contribution in [0.2, 0.25) is 13.1 Å². The Hall–Kier alpha value is -0.933. The van der Waals surface area contributed by atoms with Gasteiger partial charge in [0.1, 0.15) is 0 Å². The van der Waals surface area contributed by atoms with Crippen molar-refractivity contribution in [2.75, 3.05) is 0 Å². The van der Waals surface area contributed by atoms with Crippen LogP contribution in [0.15, 0.2) is 78.9 Å².